The number of hydrogen-bond donors (Lipinski definition) is 1. The van der Waals surface area contributed by atoms with Gasteiger partial charge in [-0.2, -0.15) is 18.3 Å². The van der Waals surface area contributed by atoms with Gasteiger partial charge in [-0.25, -0.2) is 14.1 Å². The average Bonchev–Trinajstić information content (AvgIpc) is 3.19. The van der Waals surface area contributed by atoms with E-state index in [0.717, 1.165) is 29.6 Å². The minimum atomic E-state index is -4.54. The predicted octanol–water partition coefficient (Wildman–Crippen LogP) is 9.02. The number of nitrogens with zero attached hydrogens (tertiary/aromatic N) is 3. The first-order valence-corrected chi connectivity index (χ1v) is 23.3. The summed E-state index contributed by atoms with van der Waals surface area (Å²) in [6.45, 7) is 19.0. The summed E-state index contributed by atoms with van der Waals surface area (Å²) in [5.41, 5.74) is 0.709. The average molecular weight is 769 g/mol. The lowest BCUT2D eigenvalue weighted by atomic mass is 9.99. The summed E-state index contributed by atoms with van der Waals surface area (Å²) in [7, 11) is -2.64. The normalized spacial score (nSPS) is 12.9. The fraction of sp³-hybridized carbons (Fsp3) is 0.600. The van der Waals surface area contributed by atoms with E-state index in [-0.39, 0.29) is 42.0 Å². The van der Waals surface area contributed by atoms with Crippen LogP contribution in [0.1, 0.15) is 19.4 Å². The Morgan fingerprint density at radius 1 is 0.977 bits per heavy atom. The first-order valence-electron chi connectivity index (χ1n) is 14.8. The molecule has 0 bridgehead atoms. The first kappa shape index (κ1) is 36.7. The van der Waals surface area contributed by atoms with Crippen molar-refractivity contribution in [2.75, 3.05) is 31.9 Å². The lowest BCUT2D eigenvalue weighted by molar-refractivity contribution is -0.127. The molecule has 246 valence electrons. The van der Waals surface area contributed by atoms with Crippen molar-refractivity contribution < 1.29 is 31.8 Å². The zero-order valence-electron chi connectivity index (χ0n) is 26.9. The Kier molecular flexibility index (Phi) is 12.7. The summed E-state index contributed by atoms with van der Waals surface area (Å²) in [6.07, 6.45) is -5.82. The number of aromatic nitrogens is 3. The predicted molar refractivity (Wildman–Crippen MR) is 182 cm³/mol. The van der Waals surface area contributed by atoms with Crippen molar-refractivity contribution in [3.63, 3.8) is 0 Å². The van der Waals surface area contributed by atoms with Gasteiger partial charge in [-0.15, -0.1) is 0 Å². The van der Waals surface area contributed by atoms with Gasteiger partial charge in [-0.3, -0.25) is 0 Å². The van der Waals surface area contributed by atoms with E-state index in [1.165, 1.54) is 0 Å². The Balaban J connectivity index is 2.04. The van der Waals surface area contributed by atoms with E-state index in [9.17, 15) is 13.2 Å². The van der Waals surface area contributed by atoms with Crippen molar-refractivity contribution in [1.82, 2.24) is 14.8 Å². The Bertz CT molecular complexity index is 1410. The zero-order chi connectivity index (χ0) is 32.9. The SMILES string of the molecule is CC(C)CNc1nc(-c2cc(F)c(OCOCC[Si](C)(C)C)cc2CC(F)(F)F)cc2c1c(I)nn2COCC[Si](C)(C)C. The van der Waals surface area contributed by atoms with E-state index >= 15 is 4.39 Å². The lowest BCUT2D eigenvalue weighted by Crippen LogP contribution is -2.22. The Labute approximate surface area is 273 Å². The highest BCUT2D eigenvalue weighted by atomic mass is 127. The monoisotopic (exact) mass is 768 g/mol. The second-order valence-corrected chi connectivity index (χ2v) is 26.1. The molecule has 0 saturated carbocycles. The molecule has 1 N–H and O–H groups in total. The molecule has 44 heavy (non-hydrogen) atoms. The number of halogens is 5. The van der Waals surface area contributed by atoms with Gasteiger partial charge in [-0.1, -0.05) is 53.1 Å². The van der Waals surface area contributed by atoms with Crippen LogP contribution in [0.25, 0.3) is 22.2 Å². The molecule has 2 aromatic heterocycles. The lowest BCUT2D eigenvalue weighted by Gasteiger charge is -2.18. The van der Waals surface area contributed by atoms with Gasteiger partial charge in [0, 0.05) is 41.5 Å². The van der Waals surface area contributed by atoms with Crippen molar-refractivity contribution in [2.24, 2.45) is 5.92 Å². The molecule has 0 radical (unpaired) electrons. The number of rotatable bonds is 16. The maximum Gasteiger partial charge on any atom is 0.393 e. The summed E-state index contributed by atoms with van der Waals surface area (Å²) < 4.78 is 76.0. The fourth-order valence-corrected chi connectivity index (χ4v) is 6.50. The standard InChI is InChI=1S/C30H45F4IN4O3Si2/c1-20(2)17-36-29-27-25(39(38-28(27)35)18-40-9-11-43(3,4)5)15-24(37-29)22-14-23(31)26(13-21(22)16-30(32,33)34)42-19-41-10-12-44(6,7)8/h13-15,20H,9-12,16-19H2,1-8H3,(H,36,37). The molecule has 0 aliphatic rings. The Hall–Kier alpha value is -1.76. The Morgan fingerprint density at radius 2 is 1.61 bits per heavy atom. The van der Waals surface area contributed by atoms with Gasteiger partial charge in [0.2, 0.25) is 0 Å². The van der Waals surface area contributed by atoms with Crippen molar-refractivity contribution in [3.05, 3.63) is 33.3 Å². The number of fused-ring (bicyclic) bond motifs is 1. The summed E-state index contributed by atoms with van der Waals surface area (Å²) in [5.74, 6) is -0.346. The fourth-order valence-electron chi connectivity index (χ4n) is 4.19. The molecule has 3 aromatic rings. The third-order valence-corrected chi connectivity index (χ3v) is 10.9. The molecule has 2 heterocycles. The van der Waals surface area contributed by atoms with E-state index < -0.39 is 34.6 Å². The molecule has 1 aromatic carbocycles. The van der Waals surface area contributed by atoms with Gasteiger partial charge in [-0.05, 0) is 64.4 Å². The van der Waals surface area contributed by atoms with Crippen LogP contribution in [0.4, 0.5) is 23.4 Å². The van der Waals surface area contributed by atoms with Crippen molar-refractivity contribution in [2.45, 2.75) is 84.5 Å². The molecule has 0 spiro atoms. The maximum atomic E-state index is 15.4. The number of anilines is 1. The topological polar surface area (TPSA) is 70.4 Å². The molecular weight excluding hydrogens is 723 g/mol. The van der Waals surface area contributed by atoms with Gasteiger partial charge < -0.3 is 19.5 Å². The third-order valence-electron chi connectivity index (χ3n) is 6.70. The first-order chi connectivity index (χ1) is 20.3. The van der Waals surface area contributed by atoms with Crippen LogP contribution in [-0.2, 0) is 22.6 Å². The number of hydrogen-bond acceptors (Lipinski definition) is 6. The minimum absolute atomic E-state index is 0.0312. The summed E-state index contributed by atoms with van der Waals surface area (Å²) in [4.78, 5) is 4.72. The van der Waals surface area contributed by atoms with E-state index in [4.69, 9.17) is 19.2 Å². The zero-order valence-corrected chi connectivity index (χ0v) is 31.1. The van der Waals surface area contributed by atoms with Gasteiger partial charge >= 0.3 is 6.18 Å². The van der Waals surface area contributed by atoms with Gasteiger partial charge in [0.05, 0.1) is 23.0 Å². The quantitative estimate of drug-likeness (QED) is 0.0516. The molecule has 3 rings (SSSR count). The van der Waals surface area contributed by atoms with E-state index in [1.807, 2.05) is 13.8 Å². The van der Waals surface area contributed by atoms with Crippen LogP contribution in [0, 0.1) is 15.4 Å². The van der Waals surface area contributed by atoms with Crippen molar-refractivity contribution in [1.29, 1.82) is 0 Å². The minimum Gasteiger partial charge on any atom is -0.464 e. The van der Waals surface area contributed by atoms with Crippen LogP contribution in [0.3, 0.4) is 0 Å². The molecular formula is C30H45F4IN4O3Si2. The van der Waals surface area contributed by atoms with Crippen molar-refractivity contribution >= 4 is 55.5 Å². The maximum absolute atomic E-state index is 15.4. The number of benzene rings is 1. The largest absolute Gasteiger partial charge is 0.464 e. The summed E-state index contributed by atoms with van der Waals surface area (Å²) in [5, 5.41) is 8.70. The molecule has 0 fully saturated rings. The van der Waals surface area contributed by atoms with Gasteiger partial charge in [0.25, 0.3) is 0 Å². The molecule has 0 saturated heterocycles. The molecule has 14 heteroatoms. The Morgan fingerprint density at radius 3 is 2.20 bits per heavy atom. The highest BCUT2D eigenvalue weighted by Gasteiger charge is 2.31. The molecule has 7 nitrogen and oxygen atoms in total. The van der Waals surface area contributed by atoms with Crippen LogP contribution in [0.2, 0.25) is 51.4 Å². The number of pyridine rings is 1. The molecule has 0 aliphatic carbocycles. The van der Waals surface area contributed by atoms with Crippen LogP contribution in [0.15, 0.2) is 18.2 Å². The number of ether oxygens (including phenoxy) is 3. The highest BCUT2D eigenvalue weighted by molar-refractivity contribution is 14.1. The summed E-state index contributed by atoms with van der Waals surface area (Å²) in [6, 6.07) is 5.69. The van der Waals surface area contributed by atoms with Crippen LogP contribution < -0.4 is 10.1 Å². The second-order valence-electron chi connectivity index (χ2n) is 13.9. The van der Waals surface area contributed by atoms with Gasteiger partial charge in [0.15, 0.2) is 18.4 Å². The molecule has 0 atom stereocenters. The second kappa shape index (κ2) is 15.2. The highest BCUT2D eigenvalue weighted by Crippen LogP contribution is 2.37. The third kappa shape index (κ3) is 11.6. The molecule has 0 unspecified atom stereocenters. The van der Waals surface area contributed by atoms with E-state index in [1.54, 1.807) is 10.7 Å². The number of alkyl halides is 3. The van der Waals surface area contributed by atoms with Crippen molar-refractivity contribution in [3.8, 4) is 17.0 Å². The number of nitrogens with one attached hydrogen (secondary N) is 1. The molecule has 0 aliphatic heterocycles. The van der Waals surface area contributed by atoms with Gasteiger partial charge in [0.1, 0.15) is 16.2 Å². The van der Waals surface area contributed by atoms with E-state index in [0.29, 0.717) is 34.8 Å². The summed E-state index contributed by atoms with van der Waals surface area (Å²) >= 11 is 2.12. The van der Waals surface area contributed by atoms with Crippen LogP contribution in [0.5, 0.6) is 5.75 Å². The van der Waals surface area contributed by atoms with E-state index in [2.05, 4.69) is 72.3 Å². The molecule has 0 amide bonds. The van der Waals surface area contributed by atoms with Crippen LogP contribution >= 0.6 is 22.6 Å². The van der Waals surface area contributed by atoms with Crippen LogP contribution in [-0.4, -0.2) is 63.6 Å². The smallest absolute Gasteiger partial charge is 0.393 e.